The number of unbranched alkanes of at least 4 members (excludes halogenated alkanes) is 1. The minimum atomic E-state index is -5.08. The van der Waals surface area contributed by atoms with Gasteiger partial charge < -0.3 is 25.7 Å². The quantitative estimate of drug-likeness (QED) is 0.324. The fourth-order valence-corrected chi connectivity index (χ4v) is 3.78. The van der Waals surface area contributed by atoms with E-state index in [-0.39, 0.29) is 17.4 Å². The lowest BCUT2D eigenvalue weighted by Crippen LogP contribution is -2.49. The Labute approximate surface area is 233 Å². The Hall–Kier alpha value is -3.84. The molecule has 1 aliphatic heterocycles. The highest BCUT2D eigenvalue weighted by Crippen LogP contribution is 2.29. The molecule has 2 amide bonds. The molecular weight excluding hydrogens is 557 g/mol. The van der Waals surface area contributed by atoms with E-state index in [0.717, 1.165) is 18.5 Å². The van der Waals surface area contributed by atoms with E-state index in [9.17, 15) is 32.7 Å². The van der Waals surface area contributed by atoms with Gasteiger partial charge in [0.05, 0.1) is 23.5 Å². The van der Waals surface area contributed by atoms with E-state index in [1.807, 2.05) is 0 Å². The van der Waals surface area contributed by atoms with E-state index in [1.165, 1.54) is 12.1 Å². The van der Waals surface area contributed by atoms with E-state index in [4.69, 9.17) is 21.5 Å². The predicted octanol–water partition coefficient (Wildman–Crippen LogP) is 3.96. The number of hydrogen-bond donors (Lipinski definition) is 4. The number of aliphatic carboxylic acids is 1. The molecule has 1 aliphatic rings. The van der Waals surface area contributed by atoms with Gasteiger partial charge in [-0.2, -0.15) is 13.2 Å². The lowest BCUT2D eigenvalue weighted by molar-refractivity contribution is -0.192. The maximum absolute atomic E-state index is 12.8. The lowest BCUT2D eigenvalue weighted by Gasteiger charge is -2.36. The summed E-state index contributed by atoms with van der Waals surface area (Å²) in [5.41, 5.74) is 1.69. The van der Waals surface area contributed by atoms with Crippen LogP contribution in [0.2, 0.25) is 5.02 Å². The number of halogens is 4. The molecule has 2 aromatic rings. The van der Waals surface area contributed by atoms with Crippen LogP contribution in [-0.4, -0.2) is 84.3 Å². The summed E-state index contributed by atoms with van der Waals surface area (Å²) in [6, 6.07) is 11.2. The third-order valence-electron chi connectivity index (χ3n) is 5.77. The number of carboxylic acids is 2. The molecule has 1 heterocycles. The predicted molar refractivity (Wildman–Crippen MR) is 143 cm³/mol. The number of anilines is 2. The highest BCUT2D eigenvalue weighted by atomic mass is 35.5. The van der Waals surface area contributed by atoms with Crippen molar-refractivity contribution in [3.05, 3.63) is 58.6 Å². The van der Waals surface area contributed by atoms with Gasteiger partial charge in [0.2, 0.25) is 5.91 Å². The number of carbonyl (C=O) groups is 4. The molecule has 218 valence electrons. The summed E-state index contributed by atoms with van der Waals surface area (Å²) in [7, 11) is 0. The molecule has 4 N–H and O–H groups in total. The van der Waals surface area contributed by atoms with Crippen molar-refractivity contribution in [3.8, 4) is 0 Å². The number of benzene rings is 2. The number of rotatable bonds is 9. The molecule has 14 heteroatoms. The Morgan fingerprint density at radius 3 is 2.05 bits per heavy atom. The van der Waals surface area contributed by atoms with Crippen LogP contribution in [0, 0.1) is 0 Å². The number of hydrogen-bond acceptors (Lipinski definition) is 6. The van der Waals surface area contributed by atoms with Gasteiger partial charge in [0.15, 0.2) is 0 Å². The monoisotopic (exact) mass is 586 g/mol. The van der Waals surface area contributed by atoms with Gasteiger partial charge in [-0.3, -0.25) is 14.5 Å². The minimum absolute atomic E-state index is 0.0265. The van der Waals surface area contributed by atoms with Crippen LogP contribution in [0.3, 0.4) is 0 Å². The van der Waals surface area contributed by atoms with E-state index >= 15 is 0 Å². The maximum Gasteiger partial charge on any atom is 0.490 e. The Morgan fingerprint density at radius 2 is 1.52 bits per heavy atom. The summed E-state index contributed by atoms with van der Waals surface area (Å²) < 4.78 is 31.7. The van der Waals surface area contributed by atoms with Gasteiger partial charge >= 0.3 is 18.1 Å². The zero-order valence-corrected chi connectivity index (χ0v) is 22.4. The topological polar surface area (TPSA) is 139 Å². The molecule has 40 heavy (non-hydrogen) atoms. The largest absolute Gasteiger partial charge is 0.490 e. The molecule has 0 unspecified atom stereocenters. The van der Waals surface area contributed by atoms with Crippen LogP contribution in [0.1, 0.15) is 40.5 Å². The van der Waals surface area contributed by atoms with Gasteiger partial charge in [-0.15, -0.1) is 0 Å². The summed E-state index contributed by atoms with van der Waals surface area (Å²) >= 11 is 5.90. The Kier molecular flexibility index (Phi) is 12.2. The Balaban J connectivity index is 0.000000708. The normalized spacial score (nSPS) is 13.6. The molecule has 0 saturated carbocycles. The van der Waals surface area contributed by atoms with Crippen LogP contribution in [0.4, 0.5) is 24.5 Å². The van der Waals surface area contributed by atoms with Crippen molar-refractivity contribution in [2.45, 2.75) is 25.9 Å². The molecular formula is C26H30ClF3N4O6. The van der Waals surface area contributed by atoms with Crippen molar-refractivity contribution in [3.63, 3.8) is 0 Å². The van der Waals surface area contributed by atoms with E-state index in [2.05, 4.69) is 27.4 Å². The molecule has 0 atom stereocenters. The SMILES string of the molecule is CCCCNC(=O)CN1CCN(c2ccc(C(=O)O)cc2NC(=O)c2ccc(Cl)cc2)CC1.O=C(O)C(F)(F)F. The summed E-state index contributed by atoms with van der Waals surface area (Å²) in [6.45, 7) is 5.81. The molecule has 0 radical (unpaired) electrons. The van der Waals surface area contributed by atoms with E-state index in [0.29, 0.717) is 55.5 Å². The molecule has 10 nitrogen and oxygen atoms in total. The Bertz CT molecular complexity index is 1190. The highest BCUT2D eigenvalue weighted by molar-refractivity contribution is 6.30. The first kappa shape index (κ1) is 32.4. The smallest absolute Gasteiger partial charge is 0.478 e. The second-order valence-corrected chi connectivity index (χ2v) is 9.20. The fourth-order valence-electron chi connectivity index (χ4n) is 3.65. The third-order valence-corrected chi connectivity index (χ3v) is 6.03. The number of carbonyl (C=O) groups excluding carboxylic acids is 2. The first-order valence-electron chi connectivity index (χ1n) is 12.3. The molecule has 2 aromatic carbocycles. The number of aromatic carboxylic acids is 1. The van der Waals surface area contributed by atoms with Crippen LogP contribution in [0.25, 0.3) is 0 Å². The summed E-state index contributed by atoms with van der Waals surface area (Å²) in [4.78, 5) is 49.4. The average molecular weight is 587 g/mol. The van der Waals surface area contributed by atoms with Crippen LogP contribution in [-0.2, 0) is 9.59 Å². The van der Waals surface area contributed by atoms with Gasteiger partial charge in [0.25, 0.3) is 5.91 Å². The second-order valence-electron chi connectivity index (χ2n) is 8.77. The first-order chi connectivity index (χ1) is 18.8. The van der Waals surface area contributed by atoms with Gasteiger partial charge in [-0.25, -0.2) is 9.59 Å². The van der Waals surface area contributed by atoms with Crippen LogP contribution in [0.5, 0.6) is 0 Å². The minimum Gasteiger partial charge on any atom is -0.478 e. The van der Waals surface area contributed by atoms with Crippen LogP contribution >= 0.6 is 11.6 Å². The first-order valence-corrected chi connectivity index (χ1v) is 12.7. The second kappa shape index (κ2) is 15.1. The highest BCUT2D eigenvalue weighted by Gasteiger charge is 2.38. The molecule has 0 bridgehead atoms. The van der Waals surface area contributed by atoms with Gasteiger partial charge in [-0.1, -0.05) is 24.9 Å². The number of nitrogens with zero attached hydrogens (tertiary/aromatic N) is 2. The van der Waals surface area contributed by atoms with E-state index < -0.39 is 18.1 Å². The summed E-state index contributed by atoms with van der Waals surface area (Å²) in [5.74, 6) is -4.15. The van der Waals surface area contributed by atoms with Crippen molar-refractivity contribution >= 4 is 46.7 Å². The average Bonchev–Trinajstić information content (AvgIpc) is 2.89. The molecule has 0 aromatic heterocycles. The van der Waals surface area contributed by atoms with Gasteiger partial charge in [0, 0.05) is 43.3 Å². The fraction of sp³-hybridized carbons (Fsp3) is 0.385. The molecule has 0 aliphatic carbocycles. The van der Waals surface area contributed by atoms with Crippen molar-refractivity contribution in [2.24, 2.45) is 0 Å². The number of alkyl halides is 3. The summed E-state index contributed by atoms with van der Waals surface area (Å²) in [5, 5.41) is 22.8. The zero-order valence-electron chi connectivity index (χ0n) is 21.6. The number of carboxylic acid groups (broad SMARTS) is 2. The molecule has 3 rings (SSSR count). The van der Waals surface area contributed by atoms with Crippen LogP contribution in [0.15, 0.2) is 42.5 Å². The van der Waals surface area contributed by atoms with Gasteiger partial charge in [0.1, 0.15) is 0 Å². The Morgan fingerprint density at radius 1 is 0.950 bits per heavy atom. The van der Waals surface area contributed by atoms with Crippen molar-refractivity contribution < 1.29 is 42.6 Å². The van der Waals surface area contributed by atoms with Crippen molar-refractivity contribution in [2.75, 3.05) is 49.5 Å². The maximum atomic E-state index is 12.8. The number of nitrogens with one attached hydrogen (secondary N) is 2. The van der Waals surface area contributed by atoms with Crippen molar-refractivity contribution in [1.29, 1.82) is 0 Å². The number of piperazine rings is 1. The van der Waals surface area contributed by atoms with Crippen LogP contribution < -0.4 is 15.5 Å². The lowest BCUT2D eigenvalue weighted by atomic mass is 10.1. The standard InChI is InChI=1S/C24H29ClN4O4.C2HF3O2/c1-2-3-10-26-22(30)16-28-11-13-29(14-12-28)21-9-6-18(24(32)33)15-20(21)27-23(31)17-4-7-19(25)8-5-17;3-2(4,5)1(6)7/h4-9,15H,2-3,10-14,16H2,1H3,(H,26,30)(H,27,31)(H,32,33);(H,6,7). The van der Waals surface area contributed by atoms with Gasteiger partial charge in [-0.05, 0) is 48.9 Å². The molecule has 0 spiro atoms. The van der Waals surface area contributed by atoms with E-state index in [1.54, 1.807) is 30.3 Å². The molecule has 1 saturated heterocycles. The third kappa shape index (κ3) is 10.4. The summed E-state index contributed by atoms with van der Waals surface area (Å²) in [6.07, 6.45) is -3.08. The van der Waals surface area contributed by atoms with Crippen molar-refractivity contribution in [1.82, 2.24) is 10.2 Å². The zero-order chi connectivity index (χ0) is 29.9. The molecule has 1 fully saturated rings. The number of amides is 2.